The first-order valence-corrected chi connectivity index (χ1v) is 6.64. The van der Waals surface area contributed by atoms with Gasteiger partial charge in [0.1, 0.15) is 0 Å². The maximum atomic E-state index is 12.8. The summed E-state index contributed by atoms with van der Waals surface area (Å²) in [5, 5.41) is 1.93. The topological polar surface area (TPSA) is 64.6 Å². The highest BCUT2D eigenvalue weighted by Crippen LogP contribution is 2.25. The summed E-state index contributed by atoms with van der Waals surface area (Å²) in [6.45, 7) is 4.73. The molecule has 19 heavy (non-hydrogen) atoms. The molecular weight excluding hydrogens is 253 g/mol. The Labute approximate surface area is 112 Å². The summed E-state index contributed by atoms with van der Waals surface area (Å²) >= 11 is 0. The van der Waals surface area contributed by atoms with E-state index in [-0.39, 0.29) is 18.3 Å². The molecule has 1 saturated carbocycles. The van der Waals surface area contributed by atoms with Gasteiger partial charge in [0.2, 0.25) is 6.29 Å². The predicted molar refractivity (Wildman–Crippen MR) is 66.6 cm³/mol. The standard InChI is InChI=1S/C13H21FNO4/c1-3-11(14)15-13(17)19-9(2)18-12(16)10-7-5-4-6-8-10/h9-11H,1,3-8H2,2H3,(H,15,17). The first-order chi connectivity index (χ1) is 9.02. The Morgan fingerprint density at radius 2 is 1.95 bits per heavy atom. The highest BCUT2D eigenvalue weighted by Gasteiger charge is 2.25. The number of amides is 1. The van der Waals surface area contributed by atoms with Crippen molar-refractivity contribution in [2.24, 2.45) is 5.92 Å². The van der Waals surface area contributed by atoms with E-state index < -0.39 is 18.7 Å². The van der Waals surface area contributed by atoms with E-state index in [1.165, 1.54) is 6.92 Å². The van der Waals surface area contributed by atoms with E-state index in [2.05, 4.69) is 6.92 Å². The molecule has 1 aliphatic carbocycles. The average Bonchev–Trinajstić information content (AvgIpc) is 2.39. The van der Waals surface area contributed by atoms with E-state index in [4.69, 9.17) is 9.47 Å². The molecule has 0 bridgehead atoms. The van der Waals surface area contributed by atoms with Gasteiger partial charge in [-0.3, -0.25) is 10.1 Å². The molecule has 0 aromatic heterocycles. The summed E-state index contributed by atoms with van der Waals surface area (Å²) in [7, 11) is 0. The number of hydrogen-bond acceptors (Lipinski definition) is 4. The van der Waals surface area contributed by atoms with Crippen LogP contribution in [-0.2, 0) is 14.3 Å². The summed E-state index contributed by atoms with van der Waals surface area (Å²) in [4.78, 5) is 22.9. The lowest BCUT2D eigenvalue weighted by atomic mass is 9.89. The number of carbonyl (C=O) groups is 2. The second-order valence-corrected chi connectivity index (χ2v) is 4.65. The molecule has 109 valence electrons. The fourth-order valence-electron chi connectivity index (χ4n) is 2.01. The Bertz CT molecular complexity index is 305. The van der Waals surface area contributed by atoms with Gasteiger partial charge in [0.25, 0.3) is 0 Å². The van der Waals surface area contributed by atoms with Crippen molar-refractivity contribution in [3.63, 3.8) is 0 Å². The van der Waals surface area contributed by atoms with Crippen molar-refractivity contribution >= 4 is 12.1 Å². The fraction of sp³-hybridized carbons (Fsp3) is 0.769. The third-order valence-electron chi connectivity index (χ3n) is 3.02. The van der Waals surface area contributed by atoms with Crippen LogP contribution in [0.2, 0.25) is 0 Å². The SMILES string of the molecule is [CH2]CC(F)NC(=O)OC(C)OC(=O)C1CCCCC1. The van der Waals surface area contributed by atoms with E-state index in [1.807, 2.05) is 5.32 Å². The second-order valence-electron chi connectivity index (χ2n) is 4.65. The molecule has 5 nitrogen and oxygen atoms in total. The first kappa shape index (κ1) is 15.7. The van der Waals surface area contributed by atoms with Crippen LogP contribution in [0.25, 0.3) is 0 Å². The zero-order chi connectivity index (χ0) is 14.3. The van der Waals surface area contributed by atoms with E-state index in [0.717, 1.165) is 32.1 Å². The van der Waals surface area contributed by atoms with E-state index in [0.29, 0.717) is 0 Å². The molecule has 1 amide bonds. The molecule has 0 heterocycles. The van der Waals surface area contributed by atoms with Gasteiger partial charge in [0, 0.05) is 6.92 Å². The molecule has 2 atom stereocenters. The Morgan fingerprint density at radius 1 is 1.32 bits per heavy atom. The average molecular weight is 274 g/mol. The van der Waals surface area contributed by atoms with Gasteiger partial charge in [-0.1, -0.05) is 19.3 Å². The maximum Gasteiger partial charge on any atom is 0.412 e. The Morgan fingerprint density at radius 3 is 2.53 bits per heavy atom. The van der Waals surface area contributed by atoms with Gasteiger partial charge in [-0.25, -0.2) is 9.18 Å². The monoisotopic (exact) mass is 274 g/mol. The largest absolute Gasteiger partial charge is 0.425 e. The van der Waals surface area contributed by atoms with Crippen LogP contribution >= 0.6 is 0 Å². The smallest absolute Gasteiger partial charge is 0.412 e. The quantitative estimate of drug-likeness (QED) is 0.475. The van der Waals surface area contributed by atoms with Gasteiger partial charge in [-0.15, -0.1) is 0 Å². The number of carbonyl (C=O) groups excluding carboxylic acids is 2. The van der Waals surface area contributed by atoms with Gasteiger partial charge >= 0.3 is 12.1 Å². The van der Waals surface area contributed by atoms with Crippen molar-refractivity contribution in [3.8, 4) is 0 Å². The van der Waals surface area contributed by atoms with Crippen molar-refractivity contribution in [1.29, 1.82) is 0 Å². The van der Waals surface area contributed by atoms with Crippen molar-refractivity contribution < 1.29 is 23.5 Å². The molecule has 1 rings (SSSR count). The number of alkyl halides is 1. The molecule has 0 aromatic rings. The number of ether oxygens (including phenoxy) is 2. The van der Waals surface area contributed by atoms with E-state index in [9.17, 15) is 14.0 Å². The predicted octanol–water partition coefficient (Wildman–Crippen LogP) is 2.70. The van der Waals surface area contributed by atoms with Gasteiger partial charge < -0.3 is 9.47 Å². The zero-order valence-corrected chi connectivity index (χ0v) is 11.2. The fourth-order valence-corrected chi connectivity index (χ4v) is 2.01. The third kappa shape index (κ3) is 5.89. The van der Waals surface area contributed by atoms with Gasteiger partial charge in [-0.05, 0) is 26.2 Å². The van der Waals surface area contributed by atoms with Gasteiger partial charge in [0.15, 0.2) is 6.30 Å². The maximum absolute atomic E-state index is 12.8. The van der Waals surface area contributed by atoms with Crippen LogP contribution in [0, 0.1) is 12.8 Å². The lowest BCUT2D eigenvalue weighted by molar-refractivity contribution is -0.171. The number of esters is 1. The lowest BCUT2D eigenvalue weighted by Crippen LogP contribution is -2.35. The molecular formula is C13H21FNO4. The van der Waals surface area contributed by atoms with Crippen LogP contribution in [0.1, 0.15) is 45.4 Å². The number of nitrogens with one attached hydrogen (secondary N) is 1. The number of alkyl carbamates (subject to hydrolysis) is 1. The van der Waals surface area contributed by atoms with E-state index >= 15 is 0 Å². The summed E-state index contributed by atoms with van der Waals surface area (Å²) in [5.41, 5.74) is 0. The van der Waals surface area contributed by atoms with Gasteiger partial charge in [0.05, 0.1) is 5.92 Å². The van der Waals surface area contributed by atoms with Crippen molar-refractivity contribution in [3.05, 3.63) is 6.92 Å². The minimum absolute atomic E-state index is 0.0919. The minimum Gasteiger partial charge on any atom is -0.425 e. The molecule has 0 aromatic carbocycles. The second kappa shape index (κ2) is 7.96. The molecule has 1 fully saturated rings. The van der Waals surface area contributed by atoms with Crippen LogP contribution in [0.5, 0.6) is 0 Å². The number of hydrogen-bond donors (Lipinski definition) is 1. The number of rotatable bonds is 5. The van der Waals surface area contributed by atoms with Crippen LogP contribution < -0.4 is 5.32 Å². The molecule has 0 aliphatic heterocycles. The minimum atomic E-state index is -1.56. The number of halogens is 1. The molecule has 1 aliphatic rings. The molecule has 0 spiro atoms. The van der Waals surface area contributed by atoms with Crippen LogP contribution in [0.15, 0.2) is 0 Å². The molecule has 6 heteroatoms. The van der Waals surface area contributed by atoms with Crippen molar-refractivity contribution in [2.75, 3.05) is 0 Å². The van der Waals surface area contributed by atoms with Crippen LogP contribution in [0.3, 0.4) is 0 Å². The van der Waals surface area contributed by atoms with Crippen molar-refractivity contribution in [2.45, 2.75) is 58.0 Å². The zero-order valence-electron chi connectivity index (χ0n) is 11.2. The van der Waals surface area contributed by atoms with Crippen LogP contribution in [0.4, 0.5) is 9.18 Å². The first-order valence-electron chi connectivity index (χ1n) is 6.64. The highest BCUT2D eigenvalue weighted by atomic mass is 19.1. The molecule has 1 N–H and O–H groups in total. The summed E-state index contributed by atoms with van der Waals surface area (Å²) < 4.78 is 22.5. The molecule has 2 unspecified atom stereocenters. The highest BCUT2D eigenvalue weighted by molar-refractivity contribution is 5.73. The van der Waals surface area contributed by atoms with Crippen molar-refractivity contribution in [1.82, 2.24) is 5.32 Å². The molecule has 0 saturated heterocycles. The van der Waals surface area contributed by atoms with Crippen LogP contribution in [-0.4, -0.2) is 24.6 Å². The summed E-state index contributed by atoms with van der Waals surface area (Å²) in [6.07, 6.45) is 1.16. The Kier molecular flexibility index (Phi) is 6.59. The van der Waals surface area contributed by atoms with E-state index in [1.54, 1.807) is 0 Å². The summed E-state index contributed by atoms with van der Waals surface area (Å²) in [5.74, 6) is -0.467. The third-order valence-corrected chi connectivity index (χ3v) is 3.02. The molecule has 1 radical (unpaired) electrons. The Hall–Kier alpha value is -1.33. The van der Waals surface area contributed by atoms with Gasteiger partial charge in [-0.2, -0.15) is 0 Å². The Balaban J connectivity index is 2.27. The normalized spacial score (nSPS) is 19.3. The summed E-state index contributed by atoms with van der Waals surface area (Å²) in [6, 6.07) is 0. The lowest BCUT2D eigenvalue weighted by Gasteiger charge is -2.22.